The van der Waals surface area contributed by atoms with Gasteiger partial charge in [-0.3, -0.25) is 9.59 Å². The highest BCUT2D eigenvalue weighted by Crippen LogP contribution is 2.35. The Kier molecular flexibility index (Phi) is 4.96. The summed E-state index contributed by atoms with van der Waals surface area (Å²) in [7, 11) is 0. The second-order valence-electron chi connectivity index (χ2n) is 6.43. The van der Waals surface area contributed by atoms with E-state index in [1.54, 1.807) is 6.07 Å². The van der Waals surface area contributed by atoms with E-state index >= 15 is 0 Å². The topological polar surface area (TPSA) is 49.4 Å². The van der Waals surface area contributed by atoms with Crippen LogP contribution in [0.15, 0.2) is 30.3 Å². The van der Waals surface area contributed by atoms with Gasteiger partial charge in [0.2, 0.25) is 11.8 Å². The van der Waals surface area contributed by atoms with Gasteiger partial charge in [-0.1, -0.05) is 17.7 Å². The second-order valence-corrected chi connectivity index (χ2v) is 6.84. The molecule has 4 nitrogen and oxygen atoms in total. The third-order valence-electron chi connectivity index (χ3n) is 4.35. The summed E-state index contributed by atoms with van der Waals surface area (Å²) in [4.78, 5) is 26.3. The van der Waals surface area contributed by atoms with Gasteiger partial charge in [-0.2, -0.15) is 0 Å². The van der Waals surface area contributed by atoms with E-state index in [4.69, 9.17) is 11.6 Å². The minimum Gasteiger partial charge on any atom is -0.323 e. The van der Waals surface area contributed by atoms with Crippen molar-refractivity contribution in [3.8, 4) is 0 Å². The number of nitrogens with zero attached hydrogens (tertiary/aromatic N) is 1. The standard InChI is InChI=1S/C19H17ClF2N2O2/c1-10-5-11(2)18(14(20)6-10)24-9-12(7-17(24)25)19(26)23-16-4-3-13(21)8-15(16)22/h3-6,8,12H,7,9H2,1-2H3,(H,23,26). The first-order chi connectivity index (χ1) is 12.3. The number of anilines is 2. The maximum absolute atomic E-state index is 13.7. The first-order valence-electron chi connectivity index (χ1n) is 8.09. The lowest BCUT2D eigenvalue weighted by atomic mass is 10.1. The molecule has 1 unspecified atom stereocenters. The Morgan fingerprint density at radius 1 is 1.23 bits per heavy atom. The number of carbonyl (C=O) groups is 2. The largest absolute Gasteiger partial charge is 0.323 e. The Hall–Kier alpha value is -2.47. The summed E-state index contributed by atoms with van der Waals surface area (Å²) in [6.45, 7) is 3.90. The van der Waals surface area contributed by atoms with Crippen LogP contribution >= 0.6 is 11.6 Å². The minimum atomic E-state index is -0.864. The van der Waals surface area contributed by atoms with Gasteiger partial charge >= 0.3 is 0 Å². The van der Waals surface area contributed by atoms with Crippen LogP contribution in [-0.2, 0) is 9.59 Å². The van der Waals surface area contributed by atoms with Gasteiger partial charge in [0.1, 0.15) is 11.6 Å². The Morgan fingerprint density at radius 2 is 1.96 bits per heavy atom. The average Bonchev–Trinajstić information content (AvgIpc) is 2.91. The van der Waals surface area contributed by atoms with Crippen molar-refractivity contribution in [1.82, 2.24) is 0 Å². The molecular weight excluding hydrogens is 362 g/mol. The molecule has 3 rings (SSSR count). The molecule has 26 heavy (non-hydrogen) atoms. The van der Waals surface area contributed by atoms with Gasteiger partial charge in [0, 0.05) is 19.0 Å². The number of rotatable bonds is 3. The molecule has 0 saturated carbocycles. The van der Waals surface area contributed by atoms with Crippen LogP contribution in [0.25, 0.3) is 0 Å². The van der Waals surface area contributed by atoms with Crippen molar-refractivity contribution in [2.24, 2.45) is 5.92 Å². The quantitative estimate of drug-likeness (QED) is 0.869. The Morgan fingerprint density at radius 3 is 2.62 bits per heavy atom. The first-order valence-corrected chi connectivity index (χ1v) is 8.47. The molecule has 0 spiro atoms. The summed E-state index contributed by atoms with van der Waals surface area (Å²) in [5.41, 5.74) is 2.29. The number of carbonyl (C=O) groups excluding carboxylic acids is 2. The molecule has 136 valence electrons. The lowest BCUT2D eigenvalue weighted by Gasteiger charge is -2.21. The third-order valence-corrected chi connectivity index (χ3v) is 4.64. The zero-order valence-electron chi connectivity index (χ0n) is 14.3. The summed E-state index contributed by atoms with van der Waals surface area (Å²) >= 11 is 6.29. The molecule has 1 aliphatic rings. The van der Waals surface area contributed by atoms with Gasteiger partial charge in [-0.05, 0) is 43.2 Å². The van der Waals surface area contributed by atoms with Crippen LogP contribution in [0.3, 0.4) is 0 Å². The lowest BCUT2D eigenvalue weighted by Crippen LogP contribution is -2.29. The van der Waals surface area contributed by atoms with Crippen molar-refractivity contribution in [3.63, 3.8) is 0 Å². The summed E-state index contributed by atoms with van der Waals surface area (Å²) < 4.78 is 26.7. The highest BCUT2D eigenvalue weighted by atomic mass is 35.5. The summed E-state index contributed by atoms with van der Waals surface area (Å²) in [6, 6.07) is 6.57. The van der Waals surface area contributed by atoms with Crippen LogP contribution in [-0.4, -0.2) is 18.4 Å². The third kappa shape index (κ3) is 3.55. The molecule has 7 heteroatoms. The van der Waals surface area contributed by atoms with E-state index in [9.17, 15) is 18.4 Å². The van der Waals surface area contributed by atoms with Crippen molar-refractivity contribution < 1.29 is 18.4 Å². The number of halogens is 3. The molecule has 0 radical (unpaired) electrons. The van der Waals surface area contributed by atoms with Gasteiger partial charge < -0.3 is 10.2 Å². The summed E-state index contributed by atoms with van der Waals surface area (Å²) in [5.74, 6) is -2.96. The normalized spacial score (nSPS) is 16.9. The maximum atomic E-state index is 13.7. The predicted molar refractivity (Wildman–Crippen MR) is 96.4 cm³/mol. The monoisotopic (exact) mass is 378 g/mol. The number of benzene rings is 2. The number of hydrogen-bond donors (Lipinski definition) is 1. The van der Waals surface area contributed by atoms with Crippen LogP contribution < -0.4 is 10.2 Å². The first kappa shape index (κ1) is 18.3. The zero-order chi connectivity index (χ0) is 19.0. The molecule has 2 aromatic carbocycles. The number of aryl methyl sites for hydroxylation is 2. The van der Waals surface area contributed by atoms with Crippen LogP contribution in [0.2, 0.25) is 5.02 Å². The van der Waals surface area contributed by atoms with Crippen LogP contribution in [0.1, 0.15) is 17.5 Å². The molecule has 1 atom stereocenters. The van der Waals surface area contributed by atoms with Gasteiger partial charge in [0.25, 0.3) is 0 Å². The molecule has 1 N–H and O–H groups in total. The molecule has 1 aliphatic heterocycles. The van der Waals surface area contributed by atoms with E-state index in [-0.39, 0.29) is 24.6 Å². The molecule has 2 amide bonds. The summed E-state index contributed by atoms with van der Waals surface area (Å²) in [5, 5.41) is 2.86. The fourth-order valence-electron chi connectivity index (χ4n) is 3.17. The fraction of sp³-hybridized carbons (Fsp3) is 0.263. The van der Waals surface area contributed by atoms with Crippen molar-refractivity contribution in [1.29, 1.82) is 0 Å². The van der Waals surface area contributed by atoms with Crippen LogP contribution in [0, 0.1) is 31.4 Å². The zero-order valence-corrected chi connectivity index (χ0v) is 15.0. The van der Waals surface area contributed by atoms with E-state index in [0.717, 1.165) is 23.3 Å². The molecule has 1 fully saturated rings. The Bertz CT molecular complexity index is 878. The van der Waals surface area contributed by atoms with E-state index in [1.807, 2.05) is 19.9 Å². The molecule has 2 aromatic rings. The maximum Gasteiger partial charge on any atom is 0.229 e. The molecule has 1 saturated heterocycles. The van der Waals surface area contributed by atoms with Gasteiger partial charge in [-0.25, -0.2) is 8.78 Å². The molecular formula is C19H17ClF2N2O2. The minimum absolute atomic E-state index is 0.00169. The number of hydrogen-bond acceptors (Lipinski definition) is 2. The van der Waals surface area contributed by atoms with Crippen molar-refractivity contribution in [3.05, 3.63) is 58.1 Å². The lowest BCUT2D eigenvalue weighted by molar-refractivity contribution is -0.122. The predicted octanol–water partition coefficient (Wildman–Crippen LogP) is 4.23. The smallest absolute Gasteiger partial charge is 0.229 e. The van der Waals surface area contributed by atoms with E-state index in [2.05, 4.69) is 5.32 Å². The molecule has 0 aromatic heterocycles. The van der Waals surface area contributed by atoms with Gasteiger partial charge in [0.15, 0.2) is 0 Å². The second kappa shape index (κ2) is 7.03. The van der Waals surface area contributed by atoms with Gasteiger partial charge in [-0.15, -0.1) is 0 Å². The number of amides is 2. The SMILES string of the molecule is Cc1cc(C)c(N2CC(C(=O)Nc3ccc(F)cc3F)CC2=O)c(Cl)c1. The van der Waals surface area contributed by atoms with Gasteiger partial charge in [0.05, 0.1) is 22.3 Å². The van der Waals surface area contributed by atoms with Crippen molar-refractivity contribution >= 4 is 34.8 Å². The highest BCUT2D eigenvalue weighted by molar-refractivity contribution is 6.34. The van der Waals surface area contributed by atoms with E-state index < -0.39 is 23.5 Å². The van der Waals surface area contributed by atoms with E-state index in [0.29, 0.717) is 16.8 Å². The Labute approximate surface area is 154 Å². The van der Waals surface area contributed by atoms with Crippen LogP contribution in [0.5, 0.6) is 0 Å². The highest BCUT2D eigenvalue weighted by Gasteiger charge is 2.36. The average molecular weight is 379 g/mol. The van der Waals surface area contributed by atoms with E-state index in [1.165, 1.54) is 4.90 Å². The molecule has 0 bridgehead atoms. The fourth-order valence-corrected chi connectivity index (χ4v) is 3.60. The Balaban J connectivity index is 1.78. The number of nitrogens with one attached hydrogen (secondary N) is 1. The van der Waals surface area contributed by atoms with Crippen molar-refractivity contribution in [2.75, 3.05) is 16.8 Å². The van der Waals surface area contributed by atoms with Crippen molar-refractivity contribution in [2.45, 2.75) is 20.3 Å². The molecule has 0 aliphatic carbocycles. The molecule has 1 heterocycles. The van der Waals surface area contributed by atoms with Crippen LogP contribution in [0.4, 0.5) is 20.2 Å². The summed E-state index contributed by atoms with van der Waals surface area (Å²) in [6.07, 6.45) is -0.00169.